The van der Waals surface area contributed by atoms with Crippen molar-refractivity contribution >= 4 is 0 Å². The first-order valence-electron chi connectivity index (χ1n) is 6.44. The summed E-state index contributed by atoms with van der Waals surface area (Å²) in [5, 5.41) is 0. The SMILES string of the molecule is C1CCCC1.[C-]#[O+].[C-]#[O+].[C-]#[O+].[CH2-]C#CCOC[C@H]1O[C@@H]1C.[W+2]. The van der Waals surface area contributed by atoms with E-state index in [9.17, 15) is 0 Å². The minimum absolute atomic E-state index is 0. The molecule has 2 fully saturated rings. The molecule has 120 valence electrons. The Bertz CT molecular complexity index is 301. The molecule has 2 rings (SSSR count). The molecule has 2 atom stereocenters. The predicted molar refractivity (Wildman–Crippen MR) is 73.2 cm³/mol. The average molecular weight is 477 g/mol. The van der Waals surface area contributed by atoms with E-state index in [-0.39, 0.29) is 21.1 Å². The fourth-order valence-electron chi connectivity index (χ4n) is 1.57. The van der Waals surface area contributed by atoms with Gasteiger partial charge in [0.25, 0.3) is 0 Å². The van der Waals surface area contributed by atoms with Gasteiger partial charge in [0.2, 0.25) is 0 Å². The van der Waals surface area contributed by atoms with Gasteiger partial charge >= 0.3 is 55.0 Å². The van der Waals surface area contributed by atoms with Crippen LogP contribution in [0.5, 0.6) is 0 Å². The molecule has 5 nitrogen and oxygen atoms in total. The van der Waals surface area contributed by atoms with E-state index in [1.165, 1.54) is 32.1 Å². The van der Waals surface area contributed by atoms with Gasteiger partial charge in [0.1, 0.15) is 6.10 Å². The molecular weight excluding hydrogens is 456 g/mol. The molecule has 0 bridgehead atoms. The van der Waals surface area contributed by atoms with Crippen LogP contribution in [0.15, 0.2) is 0 Å². The average Bonchev–Trinajstić information content (AvgIpc) is 3.04. The van der Waals surface area contributed by atoms with Crippen molar-refractivity contribution < 1.29 is 44.5 Å². The molecule has 1 aliphatic heterocycles. The Morgan fingerprint density at radius 2 is 1.41 bits per heavy atom. The first-order chi connectivity index (χ1) is 10.3. The van der Waals surface area contributed by atoms with E-state index in [1.54, 1.807) is 0 Å². The zero-order chi connectivity index (χ0) is 16.9. The minimum atomic E-state index is 0. The molecule has 0 radical (unpaired) electrons. The van der Waals surface area contributed by atoms with Crippen LogP contribution in [0.1, 0.15) is 39.0 Å². The second-order valence-corrected chi connectivity index (χ2v) is 4.02. The standard InChI is InChI=1S/C8H11O2.C5H10.3CO.W/c1-3-4-5-9-6-8-7(2)10-8;1-2-4-5-3-1;3*1-2;/h7-8H,1,5-6H2,2H3;1-5H2;;;;/q-1;;;;;+2/t7-,8-;;;;;/m1...../s1. The van der Waals surface area contributed by atoms with E-state index >= 15 is 0 Å². The van der Waals surface area contributed by atoms with Gasteiger partial charge in [0.15, 0.2) is 0 Å². The summed E-state index contributed by atoms with van der Waals surface area (Å²) in [6, 6.07) is 0. The van der Waals surface area contributed by atoms with E-state index in [0.29, 0.717) is 25.4 Å². The van der Waals surface area contributed by atoms with Crippen molar-refractivity contribution in [3.63, 3.8) is 0 Å². The van der Waals surface area contributed by atoms with Crippen LogP contribution < -0.4 is 0 Å². The van der Waals surface area contributed by atoms with Crippen molar-refractivity contribution in [2.24, 2.45) is 0 Å². The predicted octanol–water partition coefficient (Wildman–Crippen LogP) is 2.46. The Balaban J connectivity index is -0.000000115. The molecule has 0 N–H and O–H groups in total. The van der Waals surface area contributed by atoms with Crippen molar-refractivity contribution in [2.75, 3.05) is 13.2 Å². The van der Waals surface area contributed by atoms with Crippen LogP contribution in [-0.4, -0.2) is 25.4 Å². The summed E-state index contributed by atoms with van der Waals surface area (Å²) in [6.45, 7) is 20.0. The number of hydrogen-bond acceptors (Lipinski definition) is 2. The molecule has 1 heterocycles. The summed E-state index contributed by atoms with van der Waals surface area (Å²) < 4.78 is 32.7. The molecule has 0 aromatic rings. The van der Waals surface area contributed by atoms with E-state index in [4.69, 9.17) is 23.4 Å². The minimum Gasteiger partial charge on any atom is -0.386 e. The normalized spacial score (nSPS) is 18.9. The summed E-state index contributed by atoms with van der Waals surface area (Å²) in [4.78, 5) is 0. The Morgan fingerprint density at radius 3 is 1.68 bits per heavy atom. The first-order valence-corrected chi connectivity index (χ1v) is 6.44. The molecular formula is C16H21O5W+. The number of rotatable bonds is 3. The molecule has 0 aromatic carbocycles. The topological polar surface area (TPSA) is 81.5 Å². The molecule has 22 heavy (non-hydrogen) atoms. The number of hydrogen-bond donors (Lipinski definition) is 0. The number of ether oxygens (including phenoxy) is 2. The molecule has 2 aliphatic rings. The van der Waals surface area contributed by atoms with Gasteiger partial charge in [0, 0.05) is 6.61 Å². The van der Waals surface area contributed by atoms with E-state index in [0.717, 1.165) is 0 Å². The quantitative estimate of drug-likeness (QED) is 0.206. The second-order valence-electron chi connectivity index (χ2n) is 4.02. The third kappa shape index (κ3) is 24.3. The monoisotopic (exact) mass is 477 g/mol. The summed E-state index contributed by atoms with van der Waals surface area (Å²) >= 11 is 0. The maximum absolute atomic E-state index is 7.50. The largest absolute Gasteiger partial charge is 2.00 e. The van der Waals surface area contributed by atoms with Gasteiger partial charge in [-0.3, -0.25) is 5.92 Å². The maximum atomic E-state index is 7.50. The fourth-order valence-corrected chi connectivity index (χ4v) is 1.57. The van der Waals surface area contributed by atoms with Crippen LogP contribution in [0.4, 0.5) is 0 Å². The Labute approximate surface area is 147 Å². The summed E-state index contributed by atoms with van der Waals surface area (Å²) in [6.07, 6.45) is 8.19. The zero-order valence-electron chi connectivity index (χ0n) is 12.8. The van der Waals surface area contributed by atoms with Crippen molar-refractivity contribution in [1.29, 1.82) is 0 Å². The Hall–Kier alpha value is -0.742. The molecule has 0 aromatic heterocycles. The van der Waals surface area contributed by atoms with Gasteiger partial charge in [-0.05, 0) is 6.92 Å². The summed E-state index contributed by atoms with van der Waals surface area (Å²) in [5.74, 6) is 5.21. The Morgan fingerprint density at radius 1 is 1.05 bits per heavy atom. The molecule has 0 amide bonds. The fraction of sp³-hybridized carbons (Fsp3) is 0.625. The molecule has 1 saturated carbocycles. The smallest absolute Gasteiger partial charge is 0.386 e. The van der Waals surface area contributed by atoms with Gasteiger partial charge in [-0.15, -0.1) is 0 Å². The van der Waals surface area contributed by atoms with E-state index in [2.05, 4.69) is 38.7 Å². The third-order valence-corrected chi connectivity index (χ3v) is 2.67. The molecule has 6 heteroatoms. The van der Waals surface area contributed by atoms with Crippen LogP contribution in [0.2, 0.25) is 0 Å². The van der Waals surface area contributed by atoms with Gasteiger partial charge in [0.05, 0.1) is 12.7 Å². The van der Waals surface area contributed by atoms with Crippen molar-refractivity contribution in [3.8, 4) is 11.8 Å². The van der Waals surface area contributed by atoms with E-state index in [1.807, 2.05) is 6.92 Å². The zero-order valence-corrected chi connectivity index (χ0v) is 15.7. The van der Waals surface area contributed by atoms with Gasteiger partial charge in [-0.1, -0.05) is 32.1 Å². The van der Waals surface area contributed by atoms with Crippen molar-refractivity contribution in [2.45, 2.75) is 51.2 Å². The Kier molecular flexibility index (Phi) is 37.8. The first kappa shape index (κ1) is 29.3. The van der Waals surface area contributed by atoms with Crippen LogP contribution >= 0.6 is 0 Å². The number of epoxide rings is 1. The van der Waals surface area contributed by atoms with Crippen LogP contribution in [0.25, 0.3) is 0 Å². The van der Waals surface area contributed by atoms with Crippen molar-refractivity contribution in [3.05, 3.63) is 26.9 Å². The second kappa shape index (κ2) is 28.4. The maximum Gasteiger partial charge on any atom is 2.00 e. The summed E-state index contributed by atoms with van der Waals surface area (Å²) in [7, 11) is 0. The third-order valence-electron chi connectivity index (χ3n) is 2.67. The van der Waals surface area contributed by atoms with Crippen LogP contribution in [0.3, 0.4) is 0 Å². The van der Waals surface area contributed by atoms with Gasteiger partial charge < -0.3 is 15.4 Å². The van der Waals surface area contributed by atoms with Gasteiger partial charge in [-0.2, -0.15) is 6.92 Å². The van der Waals surface area contributed by atoms with Crippen LogP contribution in [-0.2, 0) is 44.5 Å². The van der Waals surface area contributed by atoms with E-state index < -0.39 is 0 Å². The van der Waals surface area contributed by atoms with Crippen LogP contribution in [0, 0.1) is 38.7 Å². The van der Waals surface area contributed by atoms with Crippen molar-refractivity contribution in [1.82, 2.24) is 0 Å². The molecule has 0 unspecified atom stereocenters. The molecule has 1 aliphatic carbocycles. The molecule has 0 spiro atoms. The summed E-state index contributed by atoms with van der Waals surface area (Å²) in [5.41, 5.74) is 0. The van der Waals surface area contributed by atoms with Gasteiger partial charge in [-0.25, -0.2) is 0 Å². The molecule has 1 saturated heterocycles.